The normalized spacial score (nSPS) is 16.4. The molecule has 3 N–H and O–H groups in total. The Kier molecular flexibility index (Phi) is 5.30. The second kappa shape index (κ2) is 7.82. The minimum absolute atomic E-state index is 0.0905. The van der Waals surface area contributed by atoms with Gasteiger partial charge < -0.3 is 25.2 Å². The summed E-state index contributed by atoms with van der Waals surface area (Å²) in [6.07, 6.45) is 0. The number of phenols is 1. The Labute approximate surface area is 156 Å². The van der Waals surface area contributed by atoms with Gasteiger partial charge >= 0.3 is 12.0 Å². The molecule has 1 aliphatic rings. The Hall–Kier alpha value is -3.48. The lowest BCUT2D eigenvalue weighted by Crippen LogP contribution is -2.45. The highest BCUT2D eigenvalue weighted by Crippen LogP contribution is 2.35. The summed E-state index contributed by atoms with van der Waals surface area (Å²) in [5.74, 6) is -0.347. The first-order chi connectivity index (χ1) is 13.0. The van der Waals surface area contributed by atoms with Crippen LogP contribution in [0.3, 0.4) is 0 Å². The van der Waals surface area contributed by atoms with Crippen LogP contribution in [0.25, 0.3) is 5.70 Å². The molecule has 1 atom stereocenters. The summed E-state index contributed by atoms with van der Waals surface area (Å²) in [6, 6.07) is 12.5. The van der Waals surface area contributed by atoms with Crippen molar-refractivity contribution in [3.8, 4) is 11.5 Å². The molecule has 1 aliphatic heterocycles. The van der Waals surface area contributed by atoms with E-state index in [0.29, 0.717) is 22.6 Å². The van der Waals surface area contributed by atoms with E-state index in [0.717, 1.165) is 0 Å². The molecule has 2 amide bonds. The highest BCUT2D eigenvalue weighted by Gasteiger charge is 2.34. The fourth-order valence-corrected chi connectivity index (χ4v) is 2.96. The van der Waals surface area contributed by atoms with Crippen LogP contribution in [0.5, 0.6) is 11.5 Å². The van der Waals surface area contributed by atoms with E-state index in [2.05, 4.69) is 10.6 Å². The Morgan fingerprint density at radius 1 is 1.19 bits per heavy atom. The molecule has 0 aliphatic carbocycles. The highest BCUT2D eigenvalue weighted by atomic mass is 16.5. The van der Waals surface area contributed by atoms with Crippen molar-refractivity contribution in [3.63, 3.8) is 0 Å². The van der Waals surface area contributed by atoms with Crippen molar-refractivity contribution in [1.29, 1.82) is 0 Å². The first-order valence-electron chi connectivity index (χ1n) is 8.46. The van der Waals surface area contributed by atoms with Gasteiger partial charge in [0.05, 0.1) is 31.0 Å². The van der Waals surface area contributed by atoms with E-state index in [1.807, 2.05) is 18.2 Å². The van der Waals surface area contributed by atoms with E-state index in [1.165, 1.54) is 13.2 Å². The SMILES string of the molecule is CCOC(=O)C1=C(c2ccccc2)NC(=O)N[C@H]1c1ccc(OC)c(O)c1. The number of amides is 2. The van der Waals surface area contributed by atoms with Gasteiger partial charge in [-0.25, -0.2) is 9.59 Å². The maximum atomic E-state index is 12.7. The number of benzene rings is 2. The molecular weight excluding hydrogens is 348 g/mol. The van der Waals surface area contributed by atoms with Crippen LogP contribution in [0.15, 0.2) is 54.1 Å². The average Bonchev–Trinajstić information content (AvgIpc) is 2.68. The van der Waals surface area contributed by atoms with Crippen molar-refractivity contribution >= 4 is 17.7 Å². The van der Waals surface area contributed by atoms with E-state index < -0.39 is 18.0 Å². The number of rotatable bonds is 5. The third-order valence-electron chi connectivity index (χ3n) is 4.17. The smallest absolute Gasteiger partial charge is 0.338 e. The summed E-state index contributed by atoms with van der Waals surface area (Å²) < 4.78 is 10.3. The fourth-order valence-electron chi connectivity index (χ4n) is 2.96. The molecule has 140 valence electrons. The molecule has 0 fully saturated rings. The molecule has 27 heavy (non-hydrogen) atoms. The first kappa shape index (κ1) is 18.3. The molecule has 0 spiro atoms. The van der Waals surface area contributed by atoms with E-state index >= 15 is 0 Å². The molecule has 7 nitrogen and oxygen atoms in total. The van der Waals surface area contributed by atoms with Gasteiger partial charge in [0.15, 0.2) is 11.5 Å². The molecule has 0 aromatic heterocycles. The molecule has 2 aromatic carbocycles. The van der Waals surface area contributed by atoms with Gasteiger partial charge in [0.25, 0.3) is 0 Å². The molecule has 0 saturated carbocycles. The van der Waals surface area contributed by atoms with Crippen molar-refractivity contribution in [2.24, 2.45) is 0 Å². The van der Waals surface area contributed by atoms with E-state index in [9.17, 15) is 14.7 Å². The van der Waals surface area contributed by atoms with Gasteiger partial charge in [0.2, 0.25) is 0 Å². The van der Waals surface area contributed by atoms with Crippen LogP contribution in [-0.2, 0) is 9.53 Å². The lowest BCUT2D eigenvalue weighted by Gasteiger charge is -2.29. The van der Waals surface area contributed by atoms with Crippen LogP contribution in [0.1, 0.15) is 24.1 Å². The quantitative estimate of drug-likeness (QED) is 0.705. The Morgan fingerprint density at radius 3 is 2.56 bits per heavy atom. The fraction of sp³-hybridized carbons (Fsp3) is 0.200. The summed E-state index contributed by atoms with van der Waals surface area (Å²) in [5.41, 5.74) is 1.84. The summed E-state index contributed by atoms with van der Waals surface area (Å²) >= 11 is 0. The third-order valence-corrected chi connectivity index (χ3v) is 4.17. The largest absolute Gasteiger partial charge is 0.504 e. The predicted molar refractivity (Wildman–Crippen MR) is 99.1 cm³/mol. The van der Waals surface area contributed by atoms with Gasteiger partial charge in [-0.15, -0.1) is 0 Å². The number of nitrogens with one attached hydrogen (secondary N) is 2. The zero-order chi connectivity index (χ0) is 19.4. The van der Waals surface area contributed by atoms with Crippen molar-refractivity contribution < 1.29 is 24.2 Å². The molecule has 1 heterocycles. The third kappa shape index (κ3) is 3.72. The molecular formula is C20H20N2O5. The standard InChI is InChI=1S/C20H20N2O5/c1-3-27-19(24)16-17(12-7-5-4-6-8-12)21-20(25)22-18(16)13-9-10-15(26-2)14(23)11-13/h4-11,18,23H,3H2,1-2H3,(H2,21,22,25)/t18-/m0/s1. The zero-order valence-corrected chi connectivity index (χ0v) is 15.0. The minimum atomic E-state index is -0.787. The zero-order valence-electron chi connectivity index (χ0n) is 15.0. The molecule has 0 radical (unpaired) electrons. The van der Waals surface area contributed by atoms with E-state index in [1.54, 1.807) is 31.2 Å². The Morgan fingerprint density at radius 2 is 1.93 bits per heavy atom. The summed E-state index contributed by atoms with van der Waals surface area (Å²) in [7, 11) is 1.44. The van der Waals surface area contributed by atoms with Gasteiger partial charge in [-0.05, 0) is 30.2 Å². The number of urea groups is 1. The number of carbonyl (C=O) groups excluding carboxylic acids is 2. The Bertz CT molecular complexity index is 893. The molecule has 2 aromatic rings. The van der Waals surface area contributed by atoms with E-state index in [4.69, 9.17) is 9.47 Å². The minimum Gasteiger partial charge on any atom is -0.504 e. The monoisotopic (exact) mass is 368 g/mol. The van der Waals surface area contributed by atoms with Gasteiger partial charge in [-0.3, -0.25) is 0 Å². The maximum absolute atomic E-state index is 12.7. The lowest BCUT2D eigenvalue weighted by atomic mass is 9.92. The summed E-state index contributed by atoms with van der Waals surface area (Å²) in [5, 5.41) is 15.5. The molecule has 3 rings (SSSR count). The van der Waals surface area contributed by atoms with Gasteiger partial charge in [0, 0.05) is 0 Å². The number of methoxy groups -OCH3 is 1. The van der Waals surface area contributed by atoms with E-state index in [-0.39, 0.29) is 17.9 Å². The Balaban J connectivity index is 2.16. The highest BCUT2D eigenvalue weighted by molar-refractivity contribution is 6.04. The number of aromatic hydroxyl groups is 1. The number of hydrogen-bond acceptors (Lipinski definition) is 5. The van der Waals surface area contributed by atoms with Crippen molar-refractivity contribution in [2.45, 2.75) is 13.0 Å². The molecule has 0 saturated heterocycles. The van der Waals surface area contributed by atoms with Crippen LogP contribution >= 0.6 is 0 Å². The second-order valence-corrected chi connectivity index (χ2v) is 5.84. The molecule has 0 bridgehead atoms. The summed E-state index contributed by atoms with van der Waals surface area (Å²) in [4.78, 5) is 25.0. The van der Waals surface area contributed by atoms with Crippen molar-refractivity contribution in [3.05, 3.63) is 65.2 Å². The maximum Gasteiger partial charge on any atom is 0.338 e. The van der Waals surface area contributed by atoms with Crippen LogP contribution in [0.2, 0.25) is 0 Å². The number of esters is 1. The summed E-state index contributed by atoms with van der Waals surface area (Å²) in [6.45, 7) is 1.91. The van der Waals surface area contributed by atoms with Crippen LogP contribution in [-0.4, -0.2) is 30.8 Å². The average molecular weight is 368 g/mol. The van der Waals surface area contributed by atoms with Crippen LogP contribution in [0.4, 0.5) is 4.79 Å². The van der Waals surface area contributed by atoms with Gasteiger partial charge in [0.1, 0.15) is 0 Å². The first-order valence-corrected chi connectivity index (χ1v) is 8.46. The number of ether oxygens (including phenoxy) is 2. The van der Waals surface area contributed by atoms with Crippen LogP contribution < -0.4 is 15.4 Å². The van der Waals surface area contributed by atoms with Gasteiger partial charge in [-0.1, -0.05) is 36.4 Å². The van der Waals surface area contributed by atoms with Crippen LogP contribution in [0, 0.1) is 0 Å². The van der Waals surface area contributed by atoms with Crippen molar-refractivity contribution in [1.82, 2.24) is 10.6 Å². The molecule has 0 unspecified atom stereocenters. The van der Waals surface area contributed by atoms with Gasteiger partial charge in [-0.2, -0.15) is 0 Å². The topological polar surface area (TPSA) is 96.9 Å². The number of carbonyl (C=O) groups is 2. The molecule has 7 heteroatoms. The van der Waals surface area contributed by atoms with Crippen molar-refractivity contribution in [2.75, 3.05) is 13.7 Å². The predicted octanol–water partition coefficient (Wildman–Crippen LogP) is 2.73. The number of phenolic OH excluding ortho intramolecular Hbond substituents is 1. The number of hydrogen-bond donors (Lipinski definition) is 3. The second-order valence-electron chi connectivity index (χ2n) is 5.84. The lowest BCUT2D eigenvalue weighted by molar-refractivity contribution is -0.138.